The molecule has 0 radical (unpaired) electrons. The van der Waals surface area contributed by atoms with Crippen LogP contribution in [-0.2, 0) is 19.4 Å². The van der Waals surface area contributed by atoms with E-state index in [9.17, 15) is 0 Å². The molecule has 146 valence electrons. The number of aromatic nitrogens is 2. The molecule has 0 bridgehead atoms. The van der Waals surface area contributed by atoms with Crippen molar-refractivity contribution in [3.05, 3.63) is 77.6 Å². The van der Waals surface area contributed by atoms with Crippen molar-refractivity contribution in [3.8, 4) is 17.1 Å². The quantitative estimate of drug-likeness (QED) is 0.385. The van der Waals surface area contributed by atoms with Gasteiger partial charge in [0.1, 0.15) is 12.4 Å². The van der Waals surface area contributed by atoms with Gasteiger partial charge in [-0.1, -0.05) is 57.4 Å². The van der Waals surface area contributed by atoms with Crippen LogP contribution in [0.5, 0.6) is 5.75 Å². The summed E-state index contributed by atoms with van der Waals surface area (Å²) in [7, 11) is 0. The summed E-state index contributed by atoms with van der Waals surface area (Å²) >= 11 is 0. The third-order valence-corrected chi connectivity index (χ3v) is 4.85. The molecule has 1 aromatic heterocycles. The number of nitrogens with zero attached hydrogens (tertiary/aromatic N) is 2. The maximum atomic E-state index is 5.92. The molecule has 1 heterocycles. The molecule has 0 N–H and O–H groups in total. The first-order chi connectivity index (χ1) is 13.8. The number of rotatable bonds is 10. The Hall–Kier alpha value is -2.68. The molecular formula is C25H30N2O. The van der Waals surface area contributed by atoms with Gasteiger partial charge in [-0.05, 0) is 60.2 Å². The van der Waals surface area contributed by atoms with Gasteiger partial charge in [0.15, 0.2) is 5.82 Å². The molecule has 28 heavy (non-hydrogen) atoms. The van der Waals surface area contributed by atoms with Crippen LogP contribution in [-0.4, -0.2) is 9.97 Å². The fraction of sp³-hybridized carbons (Fsp3) is 0.360. The second kappa shape index (κ2) is 10.6. The molecule has 0 aliphatic carbocycles. The van der Waals surface area contributed by atoms with Gasteiger partial charge in [0.05, 0.1) is 0 Å². The number of hydrogen-bond acceptors (Lipinski definition) is 3. The van der Waals surface area contributed by atoms with E-state index < -0.39 is 0 Å². The van der Waals surface area contributed by atoms with E-state index in [-0.39, 0.29) is 0 Å². The second-order valence-electron chi connectivity index (χ2n) is 7.25. The zero-order valence-electron chi connectivity index (χ0n) is 17.0. The van der Waals surface area contributed by atoms with Crippen LogP contribution in [0.1, 0.15) is 56.2 Å². The zero-order chi connectivity index (χ0) is 19.6. The molecule has 0 aliphatic heterocycles. The first kappa shape index (κ1) is 20.1. The predicted molar refractivity (Wildman–Crippen MR) is 115 cm³/mol. The molecule has 0 saturated heterocycles. The molecule has 0 unspecified atom stereocenters. The molecule has 0 atom stereocenters. The van der Waals surface area contributed by atoms with Crippen molar-refractivity contribution >= 4 is 0 Å². The summed E-state index contributed by atoms with van der Waals surface area (Å²) < 4.78 is 5.92. The van der Waals surface area contributed by atoms with Crippen LogP contribution in [0.25, 0.3) is 11.4 Å². The largest absolute Gasteiger partial charge is 0.489 e. The fourth-order valence-electron chi connectivity index (χ4n) is 3.17. The zero-order valence-corrected chi connectivity index (χ0v) is 17.0. The Labute approximate surface area is 168 Å². The summed E-state index contributed by atoms with van der Waals surface area (Å²) in [6.07, 6.45) is 10.9. The van der Waals surface area contributed by atoms with Gasteiger partial charge < -0.3 is 4.74 Å². The summed E-state index contributed by atoms with van der Waals surface area (Å²) in [5.41, 5.74) is 4.79. The van der Waals surface area contributed by atoms with E-state index in [0.29, 0.717) is 6.61 Å². The molecule has 3 rings (SSSR count). The average Bonchev–Trinajstić information content (AvgIpc) is 2.75. The lowest BCUT2D eigenvalue weighted by molar-refractivity contribution is 0.306. The molecular weight excluding hydrogens is 344 g/mol. The summed E-state index contributed by atoms with van der Waals surface area (Å²) in [5.74, 6) is 1.62. The molecule has 0 fully saturated rings. The van der Waals surface area contributed by atoms with E-state index in [1.54, 1.807) is 0 Å². The van der Waals surface area contributed by atoms with Gasteiger partial charge in [0.25, 0.3) is 0 Å². The predicted octanol–water partition coefficient (Wildman–Crippen LogP) is 6.41. The number of ether oxygens (including phenoxy) is 1. The maximum absolute atomic E-state index is 5.92. The highest BCUT2D eigenvalue weighted by Gasteiger charge is 2.03. The maximum Gasteiger partial charge on any atom is 0.159 e. The Morgan fingerprint density at radius 1 is 0.679 bits per heavy atom. The number of hydrogen-bond donors (Lipinski definition) is 0. The fourth-order valence-corrected chi connectivity index (χ4v) is 3.17. The van der Waals surface area contributed by atoms with E-state index in [2.05, 4.69) is 48.1 Å². The van der Waals surface area contributed by atoms with Crippen molar-refractivity contribution in [3.63, 3.8) is 0 Å². The van der Waals surface area contributed by atoms with E-state index in [0.717, 1.165) is 30.0 Å². The Morgan fingerprint density at radius 3 is 2.00 bits per heavy atom. The van der Waals surface area contributed by atoms with Crippen LogP contribution in [0.2, 0.25) is 0 Å². The van der Waals surface area contributed by atoms with Gasteiger partial charge in [-0.3, -0.25) is 0 Å². The topological polar surface area (TPSA) is 35.0 Å². The van der Waals surface area contributed by atoms with Crippen molar-refractivity contribution in [2.75, 3.05) is 0 Å². The Kier molecular flexibility index (Phi) is 7.60. The van der Waals surface area contributed by atoms with Gasteiger partial charge in [0, 0.05) is 18.0 Å². The van der Waals surface area contributed by atoms with Crippen LogP contribution in [0.3, 0.4) is 0 Å². The third kappa shape index (κ3) is 5.91. The number of benzene rings is 2. The first-order valence-corrected chi connectivity index (χ1v) is 10.4. The molecule has 3 aromatic rings. The second-order valence-corrected chi connectivity index (χ2v) is 7.25. The molecule has 0 amide bonds. The van der Waals surface area contributed by atoms with Gasteiger partial charge >= 0.3 is 0 Å². The van der Waals surface area contributed by atoms with Gasteiger partial charge in [-0.15, -0.1) is 0 Å². The van der Waals surface area contributed by atoms with Crippen LogP contribution < -0.4 is 4.74 Å². The van der Waals surface area contributed by atoms with Crippen LogP contribution in [0.15, 0.2) is 60.9 Å². The average molecular weight is 375 g/mol. The Balaban J connectivity index is 1.54. The normalized spacial score (nSPS) is 10.8. The molecule has 0 saturated carbocycles. The van der Waals surface area contributed by atoms with E-state index in [1.165, 1.54) is 42.4 Å². The highest BCUT2D eigenvalue weighted by molar-refractivity contribution is 5.55. The Morgan fingerprint density at radius 2 is 1.36 bits per heavy atom. The lowest BCUT2D eigenvalue weighted by Crippen LogP contribution is -1.96. The van der Waals surface area contributed by atoms with E-state index >= 15 is 0 Å². The van der Waals surface area contributed by atoms with E-state index in [1.807, 2.05) is 36.7 Å². The Bertz CT molecular complexity index is 824. The number of aryl methyl sites for hydroxylation is 2. The molecule has 2 aromatic carbocycles. The lowest BCUT2D eigenvalue weighted by atomic mass is 10.1. The van der Waals surface area contributed by atoms with Gasteiger partial charge in [-0.25, -0.2) is 9.97 Å². The molecule has 0 aliphatic rings. The first-order valence-electron chi connectivity index (χ1n) is 10.4. The van der Waals surface area contributed by atoms with Crippen LogP contribution in [0.4, 0.5) is 0 Å². The minimum absolute atomic E-state index is 0.578. The monoisotopic (exact) mass is 374 g/mol. The van der Waals surface area contributed by atoms with Crippen LogP contribution in [0, 0.1) is 0 Å². The lowest BCUT2D eigenvalue weighted by Gasteiger charge is -2.08. The van der Waals surface area contributed by atoms with Crippen molar-refractivity contribution in [1.29, 1.82) is 0 Å². The summed E-state index contributed by atoms with van der Waals surface area (Å²) in [5, 5.41) is 0. The molecule has 3 heteroatoms. The standard InChI is InChI=1S/C25H30N2O/c1-3-5-6-8-22-17-26-25(27-18-22)23-13-15-24(16-14-23)28-19-21-11-9-20(7-4-2)10-12-21/h9-18H,3-8,19H2,1-2H3. The van der Waals surface area contributed by atoms with Crippen molar-refractivity contribution in [2.45, 2.75) is 59.0 Å². The molecule has 3 nitrogen and oxygen atoms in total. The van der Waals surface area contributed by atoms with E-state index in [4.69, 9.17) is 4.74 Å². The van der Waals surface area contributed by atoms with Gasteiger partial charge in [-0.2, -0.15) is 0 Å². The summed E-state index contributed by atoms with van der Waals surface area (Å²) in [6, 6.07) is 16.7. The highest BCUT2D eigenvalue weighted by atomic mass is 16.5. The van der Waals surface area contributed by atoms with Crippen molar-refractivity contribution < 1.29 is 4.74 Å². The van der Waals surface area contributed by atoms with Gasteiger partial charge in [0.2, 0.25) is 0 Å². The summed E-state index contributed by atoms with van der Waals surface area (Å²) in [4.78, 5) is 9.04. The highest BCUT2D eigenvalue weighted by Crippen LogP contribution is 2.20. The molecule has 0 spiro atoms. The third-order valence-electron chi connectivity index (χ3n) is 4.85. The minimum atomic E-state index is 0.578. The smallest absolute Gasteiger partial charge is 0.159 e. The number of unbranched alkanes of at least 4 members (excludes halogenated alkanes) is 2. The minimum Gasteiger partial charge on any atom is -0.489 e. The van der Waals surface area contributed by atoms with Crippen LogP contribution >= 0.6 is 0 Å². The van der Waals surface area contributed by atoms with Crippen molar-refractivity contribution in [1.82, 2.24) is 9.97 Å². The summed E-state index contributed by atoms with van der Waals surface area (Å²) in [6.45, 7) is 5.00. The SMILES string of the molecule is CCCCCc1cnc(-c2ccc(OCc3ccc(CCC)cc3)cc2)nc1. The van der Waals surface area contributed by atoms with Crippen molar-refractivity contribution in [2.24, 2.45) is 0 Å².